The Bertz CT molecular complexity index is 1480. The van der Waals surface area contributed by atoms with Crippen LogP contribution >= 0.6 is 0 Å². The Morgan fingerprint density at radius 3 is 2.68 bits per heavy atom. The number of nitrogens with zero attached hydrogens (tertiary/aromatic N) is 3. The van der Waals surface area contributed by atoms with Crippen molar-refractivity contribution >= 4 is 29.1 Å². The molecule has 2 aliphatic rings. The summed E-state index contributed by atoms with van der Waals surface area (Å²) in [7, 11) is 0. The Kier molecular flexibility index (Phi) is 6.47. The van der Waals surface area contributed by atoms with Crippen LogP contribution in [0.1, 0.15) is 49.3 Å². The first-order valence-corrected chi connectivity index (χ1v) is 12.9. The van der Waals surface area contributed by atoms with E-state index in [1.807, 2.05) is 42.5 Å². The zero-order chi connectivity index (χ0) is 25.9. The lowest BCUT2D eigenvalue weighted by molar-refractivity contribution is -0.116. The van der Waals surface area contributed by atoms with Gasteiger partial charge in [0.05, 0.1) is 17.6 Å². The summed E-state index contributed by atoms with van der Waals surface area (Å²) in [4.78, 5) is 28.9. The van der Waals surface area contributed by atoms with Crippen molar-refractivity contribution in [1.29, 1.82) is 0 Å². The van der Waals surface area contributed by atoms with Gasteiger partial charge in [0.25, 0.3) is 0 Å². The molecule has 3 amide bonds. The van der Waals surface area contributed by atoms with Gasteiger partial charge in [-0.2, -0.15) is 5.10 Å². The molecule has 38 heavy (non-hydrogen) atoms. The smallest absolute Gasteiger partial charge is 0.324 e. The highest BCUT2D eigenvalue weighted by atomic mass is 16.5. The SMILES string of the molecule is O=C1CCc2cc(-n3nc(C4CCCC4)cc3NC(=O)Nc3cccc(Oc4cccnc4)c3)ccc2N1. The van der Waals surface area contributed by atoms with Gasteiger partial charge in [-0.1, -0.05) is 18.9 Å². The van der Waals surface area contributed by atoms with Gasteiger partial charge in [-0.05, 0) is 67.3 Å². The fraction of sp³-hybridized carbons (Fsp3) is 0.241. The largest absolute Gasteiger partial charge is 0.456 e. The van der Waals surface area contributed by atoms with Crippen molar-refractivity contribution in [3.63, 3.8) is 0 Å². The first kappa shape index (κ1) is 23.7. The van der Waals surface area contributed by atoms with Crippen LogP contribution in [0.5, 0.6) is 11.5 Å². The number of aromatic nitrogens is 3. The number of hydrogen-bond donors (Lipinski definition) is 3. The van der Waals surface area contributed by atoms with Gasteiger partial charge < -0.3 is 15.4 Å². The van der Waals surface area contributed by atoms with Crippen molar-refractivity contribution in [1.82, 2.24) is 14.8 Å². The molecular weight excluding hydrogens is 480 g/mol. The molecule has 6 rings (SSSR count). The van der Waals surface area contributed by atoms with Crippen LogP contribution in [0.15, 0.2) is 73.1 Å². The maximum atomic E-state index is 13.1. The van der Waals surface area contributed by atoms with Crippen LogP contribution in [0, 0.1) is 0 Å². The van der Waals surface area contributed by atoms with Crippen LogP contribution in [0.25, 0.3) is 5.69 Å². The number of carbonyl (C=O) groups excluding carboxylic acids is 2. The fourth-order valence-corrected chi connectivity index (χ4v) is 5.07. The van der Waals surface area contributed by atoms with Crippen molar-refractivity contribution in [2.45, 2.75) is 44.4 Å². The summed E-state index contributed by atoms with van der Waals surface area (Å²) in [5.74, 6) is 2.21. The third-order valence-electron chi connectivity index (χ3n) is 6.93. The second kappa shape index (κ2) is 10.4. The Morgan fingerprint density at radius 1 is 0.974 bits per heavy atom. The number of anilines is 3. The second-order valence-corrected chi connectivity index (χ2v) is 9.63. The van der Waals surface area contributed by atoms with Gasteiger partial charge in [0.15, 0.2) is 0 Å². The standard InChI is InChI=1S/C29H28N6O3/c36-28-13-10-20-15-22(11-12-25(20)32-28)35-27(17-26(34-35)19-5-1-2-6-19)33-29(37)31-21-7-3-8-23(16-21)38-24-9-4-14-30-18-24/h3-4,7-9,11-12,14-19H,1-2,5-6,10,13H2,(H,32,36)(H2,31,33,37). The van der Waals surface area contributed by atoms with Crippen LogP contribution in [0.4, 0.5) is 22.0 Å². The van der Waals surface area contributed by atoms with Crippen molar-refractivity contribution < 1.29 is 14.3 Å². The summed E-state index contributed by atoms with van der Waals surface area (Å²) < 4.78 is 7.62. The predicted octanol–water partition coefficient (Wildman–Crippen LogP) is 6.25. The van der Waals surface area contributed by atoms with Gasteiger partial charge in [-0.25, -0.2) is 9.48 Å². The topological polar surface area (TPSA) is 110 Å². The minimum Gasteiger partial charge on any atom is -0.456 e. The lowest BCUT2D eigenvalue weighted by atomic mass is 10.0. The van der Waals surface area contributed by atoms with Crippen LogP contribution in [-0.2, 0) is 11.2 Å². The fourth-order valence-electron chi connectivity index (χ4n) is 5.07. The molecule has 9 nitrogen and oxygen atoms in total. The molecule has 2 aromatic carbocycles. The first-order valence-electron chi connectivity index (χ1n) is 12.9. The van der Waals surface area contributed by atoms with Gasteiger partial charge in [0, 0.05) is 42.0 Å². The summed E-state index contributed by atoms with van der Waals surface area (Å²) in [5.41, 5.74) is 4.30. The highest BCUT2D eigenvalue weighted by Gasteiger charge is 2.23. The monoisotopic (exact) mass is 508 g/mol. The average Bonchev–Trinajstić information content (AvgIpc) is 3.60. The second-order valence-electron chi connectivity index (χ2n) is 9.63. The number of aryl methyl sites for hydroxylation is 1. The number of fused-ring (bicyclic) bond motifs is 1. The molecule has 0 bridgehead atoms. The molecule has 1 fully saturated rings. The number of ether oxygens (including phenoxy) is 1. The molecule has 1 saturated carbocycles. The van der Waals surface area contributed by atoms with E-state index in [9.17, 15) is 9.59 Å². The minimum atomic E-state index is -0.382. The van der Waals surface area contributed by atoms with E-state index in [1.165, 1.54) is 12.8 Å². The highest BCUT2D eigenvalue weighted by Crippen LogP contribution is 2.36. The van der Waals surface area contributed by atoms with E-state index in [0.29, 0.717) is 41.8 Å². The average molecular weight is 509 g/mol. The number of nitrogens with one attached hydrogen (secondary N) is 3. The Morgan fingerprint density at radius 2 is 1.84 bits per heavy atom. The van der Waals surface area contributed by atoms with Gasteiger partial charge in [-0.15, -0.1) is 0 Å². The molecule has 0 atom stereocenters. The highest BCUT2D eigenvalue weighted by molar-refractivity contribution is 5.99. The van der Waals surface area contributed by atoms with Crippen LogP contribution < -0.4 is 20.7 Å². The van der Waals surface area contributed by atoms with Crippen molar-refractivity contribution in [2.75, 3.05) is 16.0 Å². The number of rotatable bonds is 6. The van der Waals surface area contributed by atoms with Crippen molar-refractivity contribution in [2.24, 2.45) is 0 Å². The summed E-state index contributed by atoms with van der Waals surface area (Å²) in [6, 6.07) is 18.2. The Hall–Kier alpha value is -4.66. The Balaban J connectivity index is 1.23. The molecule has 9 heteroatoms. The molecule has 0 spiro atoms. The number of carbonyl (C=O) groups is 2. The van der Waals surface area contributed by atoms with Gasteiger partial charge >= 0.3 is 6.03 Å². The van der Waals surface area contributed by atoms with E-state index in [0.717, 1.165) is 35.5 Å². The maximum absolute atomic E-state index is 13.1. The van der Waals surface area contributed by atoms with Crippen LogP contribution in [0.3, 0.4) is 0 Å². The summed E-state index contributed by atoms with van der Waals surface area (Å²) >= 11 is 0. The van der Waals surface area contributed by atoms with E-state index >= 15 is 0 Å². The normalized spacial score (nSPS) is 15.0. The predicted molar refractivity (Wildman–Crippen MR) is 145 cm³/mol. The number of urea groups is 1. The molecule has 3 N–H and O–H groups in total. The summed E-state index contributed by atoms with van der Waals surface area (Å²) in [5, 5.41) is 13.7. The molecule has 4 aromatic rings. The Labute approximate surface area is 220 Å². The maximum Gasteiger partial charge on any atom is 0.324 e. The molecular formula is C29H28N6O3. The molecule has 1 aliphatic carbocycles. The van der Waals surface area contributed by atoms with Crippen LogP contribution in [-0.4, -0.2) is 26.7 Å². The number of benzene rings is 2. The lowest BCUT2D eigenvalue weighted by Gasteiger charge is -2.18. The summed E-state index contributed by atoms with van der Waals surface area (Å²) in [6.45, 7) is 0. The molecule has 1 aliphatic heterocycles. The van der Waals surface area contributed by atoms with Crippen molar-refractivity contribution in [3.8, 4) is 17.2 Å². The molecule has 192 valence electrons. The first-order chi connectivity index (χ1) is 18.6. The number of pyridine rings is 1. The van der Waals surface area contributed by atoms with Crippen LogP contribution in [0.2, 0.25) is 0 Å². The zero-order valence-corrected chi connectivity index (χ0v) is 20.8. The molecule has 0 radical (unpaired) electrons. The number of hydrogen-bond acceptors (Lipinski definition) is 5. The van der Waals surface area contributed by atoms with Gasteiger partial charge in [0.1, 0.15) is 17.3 Å². The van der Waals surface area contributed by atoms with E-state index in [-0.39, 0.29) is 11.9 Å². The molecule has 0 saturated heterocycles. The van der Waals surface area contributed by atoms with E-state index in [4.69, 9.17) is 9.84 Å². The molecule has 2 aromatic heterocycles. The van der Waals surface area contributed by atoms with E-state index in [2.05, 4.69) is 20.9 Å². The summed E-state index contributed by atoms with van der Waals surface area (Å²) in [6.07, 6.45) is 9.02. The molecule has 3 heterocycles. The lowest BCUT2D eigenvalue weighted by Crippen LogP contribution is -2.22. The zero-order valence-electron chi connectivity index (χ0n) is 20.8. The third-order valence-corrected chi connectivity index (χ3v) is 6.93. The van der Waals surface area contributed by atoms with E-state index in [1.54, 1.807) is 35.3 Å². The third kappa shape index (κ3) is 5.22. The molecule has 0 unspecified atom stereocenters. The number of amides is 3. The van der Waals surface area contributed by atoms with Gasteiger partial charge in [-0.3, -0.25) is 15.1 Å². The van der Waals surface area contributed by atoms with E-state index < -0.39 is 0 Å². The minimum absolute atomic E-state index is 0.0294. The van der Waals surface area contributed by atoms with Gasteiger partial charge in [0.2, 0.25) is 5.91 Å². The van der Waals surface area contributed by atoms with Crippen molar-refractivity contribution in [3.05, 3.63) is 84.3 Å². The quantitative estimate of drug-likeness (QED) is 0.285.